The summed E-state index contributed by atoms with van der Waals surface area (Å²) in [4.78, 5) is 0. The van der Waals surface area contributed by atoms with Gasteiger partial charge in [-0.1, -0.05) is 48.5 Å². The van der Waals surface area contributed by atoms with Gasteiger partial charge >= 0.3 is 0 Å². The highest BCUT2D eigenvalue weighted by Gasteiger charge is 2.19. The molecular weight excluding hydrogens is 385 g/mol. The summed E-state index contributed by atoms with van der Waals surface area (Å²) in [6.07, 6.45) is 1.59. The maximum Gasteiger partial charge on any atom is 0.233 e. The summed E-state index contributed by atoms with van der Waals surface area (Å²) in [6.45, 7) is 0. The summed E-state index contributed by atoms with van der Waals surface area (Å²) in [5.74, 6) is 0. The average molecular weight is 397 g/mol. The largest absolute Gasteiger partial charge is 0.618 e. The highest BCUT2D eigenvalue weighted by Crippen LogP contribution is 2.34. The van der Waals surface area contributed by atoms with Crippen LogP contribution in [0.15, 0.2) is 72.9 Å². The predicted molar refractivity (Wildman–Crippen MR) is 98.6 cm³/mol. The van der Waals surface area contributed by atoms with Gasteiger partial charge < -0.3 is 5.21 Å². The van der Waals surface area contributed by atoms with Crippen LogP contribution < -0.4 is 4.73 Å². The fraction of sp³-hybridized carbons (Fsp3) is 0. The van der Waals surface area contributed by atoms with Gasteiger partial charge in [0.25, 0.3) is 0 Å². The van der Waals surface area contributed by atoms with E-state index < -0.39 is 0 Å². The molecule has 0 aliphatic rings. The first kappa shape index (κ1) is 13.5. The summed E-state index contributed by atoms with van der Waals surface area (Å²) < 4.78 is 2.06. The van der Waals surface area contributed by atoms with Crippen molar-refractivity contribution in [1.29, 1.82) is 0 Å². The molecule has 0 fully saturated rings. The molecule has 3 aromatic carbocycles. The van der Waals surface area contributed by atoms with Crippen LogP contribution >= 0.6 is 22.6 Å². The molecule has 1 aromatic heterocycles. The summed E-state index contributed by atoms with van der Waals surface area (Å²) in [5.41, 5.74) is 1.73. The van der Waals surface area contributed by atoms with E-state index in [0.717, 1.165) is 41.1 Å². The van der Waals surface area contributed by atoms with Gasteiger partial charge in [-0.3, -0.25) is 0 Å². The highest BCUT2D eigenvalue weighted by atomic mass is 127. The van der Waals surface area contributed by atoms with E-state index >= 15 is 0 Å². The quantitative estimate of drug-likeness (QED) is 0.255. The van der Waals surface area contributed by atoms with E-state index in [-0.39, 0.29) is 0 Å². The van der Waals surface area contributed by atoms with Crippen molar-refractivity contribution in [1.82, 2.24) is 0 Å². The third kappa shape index (κ3) is 2.04. The Balaban J connectivity index is 2.21. The van der Waals surface area contributed by atoms with Crippen LogP contribution in [0.4, 0.5) is 0 Å². The SMILES string of the molecule is [O-][n+]1ccc2ccccc2c1-c1c(I)ccc2ccccc12. The maximum absolute atomic E-state index is 12.5. The normalized spacial score (nSPS) is 11.1. The Hall–Kier alpha value is -2.14. The van der Waals surface area contributed by atoms with Crippen molar-refractivity contribution >= 4 is 44.1 Å². The molecule has 0 aliphatic heterocycles. The first-order chi connectivity index (χ1) is 10.8. The summed E-state index contributed by atoms with van der Waals surface area (Å²) in [7, 11) is 0. The number of aromatic nitrogens is 1. The van der Waals surface area contributed by atoms with Crippen molar-refractivity contribution in [2.24, 2.45) is 0 Å². The van der Waals surface area contributed by atoms with Crippen LogP contribution in [0.25, 0.3) is 32.8 Å². The van der Waals surface area contributed by atoms with Gasteiger partial charge in [-0.25, -0.2) is 0 Å². The number of halogens is 1. The zero-order valence-electron chi connectivity index (χ0n) is 11.7. The van der Waals surface area contributed by atoms with Crippen LogP contribution in [0.5, 0.6) is 0 Å². The third-order valence-corrected chi connectivity index (χ3v) is 4.84. The second-order valence-electron chi connectivity index (χ2n) is 5.22. The average Bonchev–Trinajstić information content (AvgIpc) is 2.56. The Morgan fingerprint density at radius 2 is 1.36 bits per heavy atom. The minimum Gasteiger partial charge on any atom is -0.618 e. The first-order valence-corrected chi connectivity index (χ1v) is 8.12. The molecule has 0 spiro atoms. The molecule has 106 valence electrons. The minimum atomic E-state index is 0.722. The molecule has 22 heavy (non-hydrogen) atoms. The lowest BCUT2D eigenvalue weighted by Crippen LogP contribution is -2.28. The molecule has 1 heterocycles. The zero-order chi connectivity index (χ0) is 15.1. The summed E-state index contributed by atoms with van der Waals surface area (Å²) in [6, 6.07) is 22.2. The Bertz CT molecular complexity index is 927. The molecule has 0 saturated heterocycles. The van der Waals surface area contributed by atoms with Crippen molar-refractivity contribution in [2.75, 3.05) is 0 Å². The number of hydrogen-bond acceptors (Lipinski definition) is 1. The number of pyridine rings is 1. The van der Waals surface area contributed by atoms with Crippen molar-refractivity contribution < 1.29 is 4.73 Å². The van der Waals surface area contributed by atoms with Crippen LogP contribution in [0.1, 0.15) is 0 Å². The van der Waals surface area contributed by atoms with Crippen molar-refractivity contribution in [3.8, 4) is 11.3 Å². The standard InChI is InChI=1S/C19H12INO/c20-17-10-9-13-5-1-3-7-15(13)18(17)19-16-8-4-2-6-14(16)11-12-21(19)22/h1-12H. The Labute approximate surface area is 141 Å². The third-order valence-electron chi connectivity index (χ3n) is 3.94. The molecule has 0 aliphatic carbocycles. The molecule has 4 aromatic rings. The highest BCUT2D eigenvalue weighted by molar-refractivity contribution is 14.1. The van der Waals surface area contributed by atoms with Gasteiger partial charge in [0.15, 0.2) is 6.20 Å². The van der Waals surface area contributed by atoms with Crippen molar-refractivity contribution in [2.45, 2.75) is 0 Å². The molecule has 0 N–H and O–H groups in total. The fourth-order valence-corrected chi connectivity index (χ4v) is 3.66. The second-order valence-corrected chi connectivity index (χ2v) is 6.38. The monoisotopic (exact) mass is 397 g/mol. The van der Waals surface area contributed by atoms with E-state index in [0.29, 0.717) is 0 Å². The lowest BCUT2D eigenvalue weighted by Gasteiger charge is -2.12. The molecule has 0 bridgehead atoms. The van der Waals surface area contributed by atoms with Gasteiger partial charge in [0.2, 0.25) is 5.69 Å². The fourth-order valence-electron chi connectivity index (χ4n) is 2.93. The van der Waals surface area contributed by atoms with E-state index in [4.69, 9.17) is 0 Å². The predicted octanol–water partition coefficient (Wildman–Crippen LogP) is 4.90. The molecule has 4 rings (SSSR count). The number of nitrogens with zero attached hydrogens (tertiary/aromatic N) is 1. The molecule has 0 atom stereocenters. The lowest BCUT2D eigenvalue weighted by molar-refractivity contribution is -0.592. The topological polar surface area (TPSA) is 26.9 Å². The van der Waals surface area contributed by atoms with Gasteiger partial charge in [-0.05, 0) is 50.9 Å². The van der Waals surface area contributed by atoms with Gasteiger partial charge in [0.1, 0.15) is 0 Å². The second kappa shape index (κ2) is 5.25. The maximum atomic E-state index is 12.5. The molecule has 3 heteroatoms. The number of benzene rings is 3. The van der Waals surface area contributed by atoms with Crippen LogP contribution in [-0.2, 0) is 0 Å². The zero-order valence-corrected chi connectivity index (χ0v) is 13.8. The van der Waals surface area contributed by atoms with Gasteiger partial charge in [0.05, 0.1) is 10.9 Å². The first-order valence-electron chi connectivity index (χ1n) is 7.04. The van der Waals surface area contributed by atoms with Crippen LogP contribution in [0.3, 0.4) is 0 Å². The molecule has 0 saturated carbocycles. The van der Waals surface area contributed by atoms with Gasteiger partial charge in [-0.2, -0.15) is 4.73 Å². The lowest BCUT2D eigenvalue weighted by atomic mass is 9.98. The summed E-state index contributed by atoms with van der Waals surface area (Å²) in [5, 5.41) is 16.9. The van der Waals surface area contributed by atoms with Gasteiger partial charge in [-0.15, -0.1) is 0 Å². The van der Waals surface area contributed by atoms with E-state index in [9.17, 15) is 5.21 Å². The number of hydrogen-bond donors (Lipinski definition) is 0. The molecular formula is C19H12INO. The Kier molecular flexibility index (Phi) is 3.22. The minimum absolute atomic E-state index is 0.722. The smallest absolute Gasteiger partial charge is 0.233 e. The number of fused-ring (bicyclic) bond motifs is 2. The van der Waals surface area contributed by atoms with E-state index in [1.54, 1.807) is 6.20 Å². The van der Waals surface area contributed by atoms with Crippen LogP contribution in [0.2, 0.25) is 0 Å². The van der Waals surface area contributed by atoms with Crippen molar-refractivity contribution in [3.05, 3.63) is 81.7 Å². The molecule has 2 nitrogen and oxygen atoms in total. The van der Waals surface area contributed by atoms with Crippen LogP contribution in [0, 0.1) is 8.78 Å². The molecule has 0 unspecified atom stereocenters. The Morgan fingerprint density at radius 1 is 0.727 bits per heavy atom. The van der Waals surface area contributed by atoms with Crippen LogP contribution in [-0.4, -0.2) is 0 Å². The molecule has 0 radical (unpaired) electrons. The Morgan fingerprint density at radius 3 is 2.14 bits per heavy atom. The van der Waals surface area contributed by atoms with Crippen molar-refractivity contribution in [3.63, 3.8) is 0 Å². The number of rotatable bonds is 1. The summed E-state index contributed by atoms with van der Waals surface area (Å²) >= 11 is 2.31. The van der Waals surface area contributed by atoms with E-state index in [1.807, 2.05) is 42.5 Å². The van der Waals surface area contributed by atoms with Gasteiger partial charge in [0, 0.05) is 9.64 Å². The molecule has 0 amide bonds. The van der Waals surface area contributed by atoms with E-state index in [1.165, 1.54) is 0 Å². The van der Waals surface area contributed by atoms with E-state index in [2.05, 4.69) is 46.9 Å².